The second kappa shape index (κ2) is 9.04. The highest BCUT2D eigenvalue weighted by Crippen LogP contribution is 2.29. The van der Waals surface area contributed by atoms with Crippen molar-refractivity contribution in [3.05, 3.63) is 65.5 Å². The minimum absolute atomic E-state index is 0.457. The third kappa shape index (κ3) is 5.54. The van der Waals surface area contributed by atoms with Gasteiger partial charge in [-0.1, -0.05) is 18.2 Å². The van der Waals surface area contributed by atoms with Gasteiger partial charge < -0.3 is 4.74 Å². The first-order valence-corrected chi connectivity index (χ1v) is 9.16. The smallest absolute Gasteiger partial charge is 0.416 e. The summed E-state index contributed by atoms with van der Waals surface area (Å²) in [6, 6.07) is 12.6. The summed E-state index contributed by atoms with van der Waals surface area (Å²) in [6.45, 7) is 3.80. The zero-order valence-electron chi connectivity index (χ0n) is 16.2. The van der Waals surface area contributed by atoms with Gasteiger partial charge in [-0.15, -0.1) is 5.10 Å². The molecular formula is C20H22F3N5O. The van der Waals surface area contributed by atoms with Gasteiger partial charge in [0.1, 0.15) is 5.75 Å². The Balaban J connectivity index is 1.53. The van der Waals surface area contributed by atoms with Crippen LogP contribution in [0.15, 0.2) is 48.5 Å². The Bertz CT molecular complexity index is 924. The van der Waals surface area contributed by atoms with Crippen LogP contribution in [0.4, 0.5) is 13.2 Å². The van der Waals surface area contributed by atoms with Crippen LogP contribution < -0.4 is 4.74 Å². The highest BCUT2D eigenvalue weighted by molar-refractivity contribution is 5.35. The maximum atomic E-state index is 12.7. The summed E-state index contributed by atoms with van der Waals surface area (Å²) in [6.07, 6.45) is -3.56. The Kier molecular flexibility index (Phi) is 6.48. The first-order valence-electron chi connectivity index (χ1n) is 9.16. The maximum Gasteiger partial charge on any atom is 0.416 e. The molecular weight excluding hydrogens is 383 g/mol. The van der Waals surface area contributed by atoms with Crippen LogP contribution in [-0.4, -0.2) is 45.3 Å². The van der Waals surface area contributed by atoms with E-state index in [1.54, 1.807) is 0 Å². The standard InChI is InChI=1S/C20H22F3N5O/c1-15-6-3-4-7-18(15)29-13-5-12-27(2)14-19-24-25-26-28(19)17-10-8-16(9-11-17)20(21,22)23/h3-4,6-11H,5,12-14H2,1-2H3. The molecule has 0 amide bonds. The average molecular weight is 405 g/mol. The molecule has 1 heterocycles. The monoisotopic (exact) mass is 405 g/mol. The second-order valence-corrected chi connectivity index (χ2v) is 6.76. The van der Waals surface area contributed by atoms with E-state index in [0.29, 0.717) is 24.7 Å². The predicted molar refractivity (Wildman–Crippen MR) is 102 cm³/mol. The number of alkyl halides is 3. The fraction of sp³-hybridized carbons (Fsp3) is 0.350. The number of hydrogen-bond acceptors (Lipinski definition) is 5. The third-order valence-electron chi connectivity index (χ3n) is 4.42. The molecule has 0 aliphatic rings. The largest absolute Gasteiger partial charge is 0.493 e. The van der Waals surface area contributed by atoms with Crippen molar-refractivity contribution in [1.82, 2.24) is 25.1 Å². The van der Waals surface area contributed by atoms with Crippen molar-refractivity contribution in [2.24, 2.45) is 0 Å². The Morgan fingerprint density at radius 2 is 1.79 bits per heavy atom. The van der Waals surface area contributed by atoms with E-state index in [4.69, 9.17) is 4.74 Å². The molecule has 3 rings (SSSR count). The molecule has 154 valence electrons. The molecule has 2 aromatic carbocycles. The first kappa shape index (κ1) is 20.8. The van der Waals surface area contributed by atoms with Crippen LogP contribution in [0.5, 0.6) is 5.75 Å². The fourth-order valence-electron chi connectivity index (χ4n) is 2.85. The van der Waals surface area contributed by atoms with Crippen molar-refractivity contribution < 1.29 is 17.9 Å². The summed E-state index contributed by atoms with van der Waals surface area (Å²) in [4.78, 5) is 2.04. The molecule has 9 heteroatoms. The Morgan fingerprint density at radius 1 is 1.07 bits per heavy atom. The van der Waals surface area contributed by atoms with Crippen LogP contribution in [0, 0.1) is 6.92 Å². The van der Waals surface area contributed by atoms with Crippen LogP contribution >= 0.6 is 0 Å². The maximum absolute atomic E-state index is 12.7. The fourth-order valence-corrected chi connectivity index (χ4v) is 2.85. The lowest BCUT2D eigenvalue weighted by Crippen LogP contribution is -2.23. The second-order valence-electron chi connectivity index (χ2n) is 6.76. The zero-order valence-corrected chi connectivity index (χ0v) is 16.2. The van der Waals surface area contributed by atoms with Crippen LogP contribution in [0.3, 0.4) is 0 Å². The number of ether oxygens (including phenoxy) is 1. The molecule has 0 spiro atoms. The number of halogens is 3. The number of tetrazole rings is 1. The van der Waals surface area contributed by atoms with Gasteiger partial charge in [0.15, 0.2) is 5.82 Å². The topological polar surface area (TPSA) is 56.1 Å². The molecule has 0 atom stereocenters. The zero-order chi connectivity index (χ0) is 20.9. The van der Waals surface area contributed by atoms with Gasteiger partial charge in [-0.3, -0.25) is 4.90 Å². The Labute approximate surface area is 166 Å². The van der Waals surface area contributed by atoms with Crippen LogP contribution in [0.25, 0.3) is 5.69 Å². The van der Waals surface area contributed by atoms with Gasteiger partial charge in [-0.25, -0.2) is 0 Å². The van der Waals surface area contributed by atoms with E-state index in [-0.39, 0.29) is 0 Å². The number of para-hydroxylation sites is 1. The summed E-state index contributed by atoms with van der Waals surface area (Å²) in [5, 5.41) is 11.6. The van der Waals surface area contributed by atoms with E-state index in [0.717, 1.165) is 36.4 Å². The van der Waals surface area contributed by atoms with Gasteiger partial charge >= 0.3 is 6.18 Å². The van der Waals surface area contributed by atoms with E-state index in [9.17, 15) is 13.2 Å². The van der Waals surface area contributed by atoms with Crippen molar-refractivity contribution >= 4 is 0 Å². The summed E-state index contributed by atoms with van der Waals surface area (Å²) in [5.41, 5.74) is 0.868. The quantitative estimate of drug-likeness (QED) is 0.532. The SMILES string of the molecule is Cc1ccccc1OCCCN(C)Cc1nnnn1-c1ccc(C(F)(F)F)cc1. The molecule has 6 nitrogen and oxygen atoms in total. The van der Waals surface area contributed by atoms with E-state index in [1.165, 1.54) is 16.8 Å². The van der Waals surface area contributed by atoms with Gasteiger partial charge in [0.05, 0.1) is 24.4 Å². The number of nitrogens with zero attached hydrogens (tertiary/aromatic N) is 5. The summed E-state index contributed by atoms with van der Waals surface area (Å²) >= 11 is 0. The number of aromatic nitrogens is 4. The van der Waals surface area contributed by atoms with Crippen LogP contribution in [0.2, 0.25) is 0 Å². The number of rotatable bonds is 8. The van der Waals surface area contributed by atoms with Crippen molar-refractivity contribution in [3.63, 3.8) is 0 Å². The van der Waals surface area contributed by atoms with Gasteiger partial charge in [0.25, 0.3) is 0 Å². The van der Waals surface area contributed by atoms with Gasteiger partial charge in [-0.2, -0.15) is 17.9 Å². The van der Waals surface area contributed by atoms with Crippen molar-refractivity contribution in [2.45, 2.75) is 26.1 Å². The van der Waals surface area contributed by atoms with Crippen LogP contribution in [-0.2, 0) is 12.7 Å². The normalized spacial score (nSPS) is 11.8. The summed E-state index contributed by atoms with van der Waals surface area (Å²) in [7, 11) is 1.93. The average Bonchev–Trinajstić information content (AvgIpc) is 3.14. The highest BCUT2D eigenvalue weighted by Gasteiger charge is 2.30. The number of aryl methyl sites for hydroxylation is 1. The highest BCUT2D eigenvalue weighted by atomic mass is 19.4. The lowest BCUT2D eigenvalue weighted by molar-refractivity contribution is -0.137. The van der Waals surface area contributed by atoms with E-state index in [1.807, 2.05) is 43.1 Å². The molecule has 29 heavy (non-hydrogen) atoms. The van der Waals surface area contributed by atoms with Gasteiger partial charge in [-0.05, 0) is 66.7 Å². The lowest BCUT2D eigenvalue weighted by atomic mass is 10.2. The molecule has 0 aliphatic heterocycles. The minimum atomic E-state index is -4.37. The Hall–Kier alpha value is -2.94. The molecule has 0 saturated heterocycles. The molecule has 0 fully saturated rings. The Morgan fingerprint density at radius 3 is 2.48 bits per heavy atom. The van der Waals surface area contributed by atoms with E-state index < -0.39 is 11.7 Å². The van der Waals surface area contributed by atoms with Crippen molar-refractivity contribution in [1.29, 1.82) is 0 Å². The number of benzene rings is 2. The van der Waals surface area contributed by atoms with Gasteiger partial charge in [0, 0.05) is 6.54 Å². The van der Waals surface area contributed by atoms with E-state index >= 15 is 0 Å². The first-order chi connectivity index (χ1) is 13.8. The molecule has 0 radical (unpaired) electrons. The van der Waals surface area contributed by atoms with Gasteiger partial charge in [0.2, 0.25) is 0 Å². The van der Waals surface area contributed by atoms with Crippen LogP contribution in [0.1, 0.15) is 23.4 Å². The summed E-state index contributed by atoms with van der Waals surface area (Å²) < 4.78 is 45.4. The molecule has 0 N–H and O–H groups in total. The van der Waals surface area contributed by atoms with Crippen molar-refractivity contribution in [2.75, 3.05) is 20.2 Å². The molecule has 0 unspecified atom stereocenters. The third-order valence-corrected chi connectivity index (χ3v) is 4.42. The predicted octanol–water partition coefficient (Wildman–Crippen LogP) is 3.89. The molecule has 0 saturated carbocycles. The molecule has 0 aliphatic carbocycles. The van der Waals surface area contributed by atoms with Crippen molar-refractivity contribution in [3.8, 4) is 11.4 Å². The molecule has 3 aromatic rings. The minimum Gasteiger partial charge on any atom is -0.493 e. The number of hydrogen-bond donors (Lipinski definition) is 0. The molecule has 0 bridgehead atoms. The van der Waals surface area contributed by atoms with E-state index in [2.05, 4.69) is 15.5 Å². The summed E-state index contributed by atoms with van der Waals surface area (Å²) in [5.74, 6) is 1.42. The molecule has 1 aromatic heterocycles. The lowest BCUT2D eigenvalue weighted by Gasteiger charge is -2.16.